The minimum atomic E-state index is 0.858. The smallest absolute Gasteiger partial charge is 0.118 e. The molecule has 112 valence electrons. The normalized spacial score (nSPS) is 14.8. The molecule has 1 aliphatic rings. The maximum Gasteiger partial charge on any atom is 0.118 e. The first-order valence-corrected chi connectivity index (χ1v) is 7.87. The first-order valence-electron chi connectivity index (χ1n) is 7.49. The van der Waals surface area contributed by atoms with Crippen LogP contribution in [0.2, 0.25) is 0 Å². The first kappa shape index (κ1) is 14.9. The Morgan fingerprint density at radius 1 is 0.909 bits per heavy atom. The van der Waals surface area contributed by atoms with Gasteiger partial charge in [-0.2, -0.15) is 0 Å². The van der Waals surface area contributed by atoms with Crippen molar-refractivity contribution in [3.8, 4) is 5.75 Å². The van der Waals surface area contributed by atoms with Gasteiger partial charge in [0.2, 0.25) is 0 Å². The van der Waals surface area contributed by atoms with E-state index in [0.29, 0.717) is 0 Å². The van der Waals surface area contributed by atoms with E-state index in [1.807, 2.05) is 12.1 Å². The van der Waals surface area contributed by atoms with E-state index in [0.717, 1.165) is 34.8 Å². The van der Waals surface area contributed by atoms with Gasteiger partial charge in [-0.15, -0.1) is 0 Å². The van der Waals surface area contributed by atoms with Crippen molar-refractivity contribution in [1.82, 2.24) is 0 Å². The van der Waals surface area contributed by atoms with Gasteiger partial charge in [-0.05, 0) is 48.6 Å². The van der Waals surface area contributed by atoms with Gasteiger partial charge in [0.15, 0.2) is 0 Å². The third-order valence-electron chi connectivity index (χ3n) is 3.99. The van der Waals surface area contributed by atoms with Gasteiger partial charge in [0.05, 0.1) is 7.11 Å². The summed E-state index contributed by atoms with van der Waals surface area (Å²) in [4.78, 5) is 0. The fourth-order valence-corrected chi connectivity index (χ4v) is 3.10. The van der Waals surface area contributed by atoms with E-state index in [4.69, 9.17) is 16.3 Å². The Balaban J connectivity index is 2.05. The maximum atomic E-state index is 6.57. The Hall–Kier alpha value is -1.99. The van der Waals surface area contributed by atoms with Crippen LogP contribution < -0.4 is 4.74 Å². The number of rotatable bonds is 3. The van der Waals surface area contributed by atoms with Crippen molar-refractivity contribution < 1.29 is 4.74 Å². The molecule has 0 heterocycles. The predicted octanol–water partition coefficient (Wildman–Crippen LogP) is 5.83. The molecule has 0 unspecified atom stereocenters. The minimum absolute atomic E-state index is 0.858. The lowest BCUT2D eigenvalue weighted by Gasteiger charge is -2.20. The molecule has 0 amide bonds. The molecule has 2 aromatic rings. The van der Waals surface area contributed by atoms with Gasteiger partial charge in [-0.3, -0.25) is 0 Å². The van der Waals surface area contributed by atoms with E-state index in [9.17, 15) is 0 Å². The summed E-state index contributed by atoms with van der Waals surface area (Å²) in [5.41, 5.74) is 5.98. The van der Waals surface area contributed by atoms with Crippen molar-refractivity contribution >= 4 is 22.7 Å². The second-order valence-corrected chi connectivity index (χ2v) is 5.99. The van der Waals surface area contributed by atoms with Crippen molar-refractivity contribution in [2.75, 3.05) is 7.11 Å². The zero-order valence-electron chi connectivity index (χ0n) is 12.9. The van der Waals surface area contributed by atoms with Crippen LogP contribution >= 0.6 is 11.6 Å². The summed E-state index contributed by atoms with van der Waals surface area (Å²) in [5.74, 6) is 0.858. The van der Waals surface area contributed by atoms with E-state index >= 15 is 0 Å². The molecular formula is C20H19ClO. The highest BCUT2D eigenvalue weighted by molar-refractivity contribution is 6.36. The van der Waals surface area contributed by atoms with Gasteiger partial charge in [0.25, 0.3) is 0 Å². The quantitative estimate of drug-likeness (QED) is 0.693. The number of hydrogen-bond acceptors (Lipinski definition) is 1. The molecule has 2 aromatic carbocycles. The highest BCUT2D eigenvalue weighted by atomic mass is 35.5. The Kier molecular flexibility index (Phi) is 4.35. The van der Waals surface area contributed by atoms with E-state index in [-0.39, 0.29) is 0 Å². The second-order valence-electron chi connectivity index (χ2n) is 5.53. The van der Waals surface area contributed by atoms with Crippen molar-refractivity contribution in [2.24, 2.45) is 0 Å². The molecule has 1 nitrogen and oxygen atoms in total. The van der Waals surface area contributed by atoms with Gasteiger partial charge in [0, 0.05) is 10.6 Å². The Labute approximate surface area is 136 Å². The monoisotopic (exact) mass is 310 g/mol. The van der Waals surface area contributed by atoms with Crippen LogP contribution in [0.3, 0.4) is 0 Å². The lowest BCUT2D eigenvalue weighted by Crippen LogP contribution is -1.98. The molecule has 22 heavy (non-hydrogen) atoms. The molecule has 0 spiro atoms. The third kappa shape index (κ3) is 2.95. The highest BCUT2D eigenvalue weighted by Crippen LogP contribution is 2.40. The zero-order valence-corrected chi connectivity index (χ0v) is 13.7. The number of methoxy groups -OCH3 is 1. The van der Waals surface area contributed by atoms with Crippen molar-refractivity contribution in [1.29, 1.82) is 0 Å². The summed E-state index contributed by atoms with van der Waals surface area (Å²) in [5, 5.41) is 0.934. The fraction of sp³-hybridized carbons (Fsp3) is 0.200. The Morgan fingerprint density at radius 3 is 2.18 bits per heavy atom. The number of aryl methyl sites for hydroxylation is 1. The van der Waals surface area contributed by atoms with Crippen LogP contribution in [0, 0.1) is 6.92 Å². The van der Waals surface area contributed by atoms with Gasteiger partial charge < -0.3 is 4.74 Å². The summed E-state index contributed by atoms with van der Waals surface area (Å²) in [6.07, 6.45) is 4.18. The average molecular weight is 311 g/mol. The SMILES string of the molecule is COc1ccc(C2=C(Cl)CCC=C2c2ccc(C)cc2)cc1. The number of ether oxygens (including phenoxy) is 1. The minimum Gasteiger partial charge on any atom is -0.497 e. The lowest BCUT2D eigenvalue weighted by molar-refractivity contribution is 0.415. The summed E-state index contributed by atoms with van der Waals surface area (Å²) < 4.78 is 5.24. The zero-order chi connectivity index (χ0) is 15.5. The second kappa shape index (κ2) is 6.41. The molecule has 0 fully saturated rings. The van der Waals surface area contributed by atoms with Crippen LogP contribution in [0.25, 0.3) is 11.1 Å². The molecule has 0 saturated carbocycles. The molecule has 0 N–H and O–H groups in total. The maximum absolute atomic E-state index is 6.57. The molecule has 2 heteroatoms. The van der Waals surface area contributed by atoms with Crippen molar-refractivity contribution in [2.45, 2.75) is 19.8 Å². The van der Waals surface area contributed by atoms with Crippen LogP contribution in [0.15, 0.2) is 59.6 Å². The summed E-state index contributed by atoms with van der Waals surface area (Å²) in [6.45, 7) is 2.10. The topological polar surface area (TPSA) is 9.23 Å². The average Bonchev–Trinajstić information content (AvgIpc) is 2.55. The molecule has 0 saturated heterocycles. The summed E-state index contributed by atoms with van der Waals surface area (Å²) in [7, 11) is 1.68. The van der Waals surface area contributed by atoms with E-state index < -0.39 is 0 Å². The van der Waals surface area contributed by atoms with Crippen molar-refractivity contribution in [3.63, 3.8) is 0 Å². The van der Waals surface area contributed by atoms with Crippen LogP contribution in [-0.4, -0.2) is 7.11 Å². The number of halogens is 1. The number of hydrogen-bond donors (Lipinski definition) is 0. The van der Waals surface area contributed by atoms with Gasteiger partial charge in [0.1, 0.15) is 5.75 Å². The predicted molar refractivity (Wildman–Crippen MR) is 94.2 cm³/mol. The van der Waals surface area contributed by atoms with Gasteiger partial charge in [-0.25, -0.2) is 0 Å². The van der Waals surface area contributed by atoms with Crippen LogP contribution in [-0.2, 0) is 0 Å². The van der Waals surface area contributed by atoms with E-state index in [1.165, 1.54) is 16.7 Å². The summed E-state index contributed by atoms with van der Waals surface area (Å²) >= 11 is 6.57. The summed E-state index contributed by atoms with van der Waals surface area (Å²) in [6, 6.07) is 16.7. The molecule has 3 rings (SSSR count). The lowest BCUT2D eigenvalue weighted by atomic mass is 9.87. The van der Waals surface area contributed by atoms with E-state index in [1.54, 1.807) is 7.11 Å². The number of benzene rings is 2. The van der Waals surface area contributed by atoms with Gasteiger partial charge >= 0.3 is 0 Å². The van der Waals surface area contributed by atoms with Crippen LogP contribution in [0.1, 0.15) is 29.5 Å². The van der Waals surface area contributed by atoms with Crippen molar-refractivity contribution in [3.05, 3.63) is 76.3 Å². The third-order valence-corrected chi connectivity index (χ3v) is 4.37. The molecule has 1 aliphatic carbocycles. The van der Waals surface area contributed by atoms with Crippen LogP contribution in [0.5, 0.6) is 5.75 Å². The van der Waals surface area contributed by atoms with Gasteiger partial charge in [-0.1, -0.05) is 59.6 Å². The Morgan fingerprint density at radius 2 is 1.55 bits per heavy atom. The largest absolute Gasteiger partial charge is 0.497 e. The highest BCUT2D eigenvalue weighted by Gasteiger charge is 2.18. The van der Waals surface area contributed by atoms with E-state index in [2.05, 4.69) is 49.4 Å². The van der Waals surface area contributed by atoms with Crippen LogP contribution in [0.4, 0.5) is 0 Å². The Bertz CT molecular complexity index is 721. The molecule has 0 aromatic heterocycles. The molecule has 0 bridgehead atoms. The molecule has 0 radical (unpaired) electrons. The molecular weight excluding hydrogens is 292 g/mol. The first-order chi connectivity index (χ1) is 10.7. The fourth-order valence-electron chi connectivity index (χ4n) is 2.78. The number of allylic oxidation sites excluding steroid dienone is 4. The molecule has 0 aliphatic heterocycles. The molecule has 0 atom stereocenters. The standard InChI is InChI=1S/C20H19ClO/c1-14-6-8-15(9-7-14)18-4-3-5-19(21)20(18)16-10-12-17(22-2)13-11-16/h4,6-13H,3,5H2,1-2H3.